The Morgan fingerprint density at radius 1 is 1.57 bits per heavy atom. The van der Waals surface area contributed by atoms with Gasteiger partial charge in [0.1, 0.15) is 12.4 Å². The molecule has 1 aliphatic rings. The molecule has 2 nitrogen and oxygen atoms in total. The van der Waals surface area contributed by atoms with E-state index in [4.69, 9.17) is 11.2 Å². The Hall–Kier alpha value is -1.62. The summed E-state index contributed by atoms with van der Waals surface area (Å²) in [5.74, 6) is 3.52. The molecule has 0 atom stereocenters. The summed E-state index contributed by atoms with van der Waals surface area (Å²) in [6.45, 7) is 4.85. The fourth-order valence-electron chi connectivity index (χ4n) is 1.70. The highest BCUT2D eigenvalue weighted by atomic mass is 16.5. The van der Waals surface area contributed by atoms with Crippen LogP contribution in [0.15, 0.2) is 18.2 Å². The van der Waals surface area contributed by atoms with Crippen molar-refractivity contribution in [3.63, 3.8) is 0 Å². The van der Waals surface area contributed by atoms with E-state index < -0.39 is 0 Å². The van der Waals surface area contributed by atoms with Crippen molar-refractivity contribution in [2.75, 3.05) is 24.6 Å². The Bertz CT molecular complexity index is 378. The Morgan fingerprint density at radius 2 is 2.43 bits per heavy atom. The van der Waals surface area contributed by atoms with Crippen LogP contribution in [0.4, 0.5) is 5.69 Å². The number of fused-ring (bicyclic) bond motifs is 1. The molecule has 0 bridgehead atoms. The predicted molar refractivity (Wildman–Crippen MR) is 57.8 cm³/mol. The Morgan fingerprint density at radius 3 is 3.14 bits per heavy atom. The number of benzene rings is 1. The molecule has 0 saturated carbocycles. The van der Waals surface area contributed by atoms with Gasteiger partial charge in [0, 0.05) is 12.1 Å². The molecular weight excluding hydrogens is 174 g/mol. The molecule has 1 aromatic rings. The van der Waals surface area contributed by atoms with Gasteiger partial charge in [0.2, 0.25) is 0 Å². The van der Waals surface area contributed by atoms with Crippen molar-refractivity contribution < 1.29 is 4.74 Å². The Kier molecular flexibility index (Phi) is 2.32. The van der Waals surface area contributed by atoms with Crippen LogP contribution in [0.2, 0.25) is 0 Å². The first-order valence-electron chi connectivity index (χ1n) is 4.83. The standard InChI is InChI=1S/C12H13NO/c1-3-10-5-6-11-12(9-10)14-8-7-13(11)4-2/h1,5-6,9H,4,7-8H2,2H3. The summed E-state index contributed by atoms with van der Waals surface area (Å²) < 4.78 is 5.56. The van der Waals surface area contributed by atoms with E-state index in [1.165, 1.54) is 0 Å². The first kappa shape index (κ1) is 8.96. The number of rotatable bonds is 1. The van der Waals surface area contributed by atoms with E-state index in [2.05, 4.69) is 17.7 Å². The fraction of sp³-hybridized carbons (Fsp3) is 0.333. The first-order valence-corrected chi connectivity index (χ1v) is 4.83. The van der Waals surface area contributed by atoms with Crippen molar-refractivity contribution in [1.29, 1.82) is 0 Å². The van der Waals surface area contributed by atoms with E-state index in [-0.39, 0.29) is 0 Å². The average Bonchev–Trinajstić information content (AvgIpc) is 2.27. The molecule has 2 rings (SSSR count). The minimum Gasteiger partial charge on any atom is -0.490 e. The SMILES string of the molecule is C#Cc1ccc2c(c1)OCCN2CC. The van der Waals surface area contributed by atoms with Gasteiger partial charge in [0.05, 0.1) is 12.2 Å². The number of hydrogen-bond acceptors (Lipinski definition) is 2. The number of hydrogen-bond donors (Lipinski definition) is 0. The van der Waals surface area contributed by atoms with E-state index in [1.54, 1.807) is 0 Å². The zero-order valence-corrected chi connectivity index (χ0v) is 8.29. The van der Waals surface area contributed by atoms with Gasteiger partial charge in [-0.05, 0) is 25.1 Å². The summed E-state index contributed by atoms with van der Waals surface area (Å²) >= 11 is 0. The highest BCUT2D eigenvalue weighted by molar-refractivity contribution is 5.62. The highest BCUT2D eigenvalue weighted by Gasteiger charge is 2.16. The number of terminal acetylenes is 1. The minimum atomic E-state index is 0.745. The van der Waals surface area contributed by atoms with E-state index >= 15 is 0 Å². The van der Waals surface area contributed by atoms with Crippen molar-refractivity contribution >= 4 is 5.69 Å². The number of ether oxygens (including phenoxy) is 1. The molecule has 14 heavy (non-hydrogen) atoms. The second kappa shape index (κ2) is 3.63. The summed E-state index contributed by atoms with van der Waals surface area (Å²) in [4.78, 5) is 2.29. The Balaban J connectivity index is 2.42. The lowest BCUT2D eigenvalue weighted by molar-refractivity contribution is 0.308. The van der Waals surface area contributed by atoms with E-state index in [0.29, 0.717) is 0 Å². The molecule has 0 N–H and O–H groups in total. The molecule has 2 heteroatoms. The molecule has 0 radical (unpaired) electrons. The number of nitrogens with zero attached hydrogens (tertiary/aromatic N) is 1. The summed E-state index contributed by atoms with van der Waals surface area (Å²) in [5.41, 5.74) is 2.03. The molecule has 0 amide bonds. The summed E-state index contributed by atoms with van der Waals surface area (Å²) in [6, 6.07) is 5.92. The fourth-order valence-corrected chi connectivity index (χ4v) is 1.70. The molecule has 1 aromatic carbocycles. The molecule has 72 valence electrons. The third-order valence-corrected chi connectivity index (χ3v) is 2.47. The van der Waals surface area contributed by atoms with E-state index in [1.807, 2.05) is 18.2 Å². The average molecular weight is 187 g/mol. The van der Waals surface area contributed by atoms with Crippen LogP contribution in [0.3, 0.4) is 0 Å². The zero-order chi connectivity index (χ0) is 9.97. The molecule has 0 unspecified atom stereocenters. The van der Waals surface area contributed by atoms with E-state index in [0.717, 1.165) is 36.7 Å². The van der Waals surface area contributed by atoms with Crippen LogP contribution in [-0.4, -0.2) is 19.7 Å². The molecule has 0 fully saturated rings. The van der Waals surface area contributed by atoms with Gasteiger partial charge in [-0.3, -0.25) is 0 Å². The van der Waals surface area contributed by atoms with Crippen molar-refractivity contribution in [2.45, 2.75) is 6.92 Å². The van der Waals surface area contributed by atoms with Crippen LogP contribution in [0, 0.1) is 12.3 Å². The van der Waals surface area contributed by atoms with Crippen molar-refractivity contribution in [1.82, 2.24) is 0 Å². The normalized spacial score (nSPS) is 14.1. The lowest BCUT2D eigenvalue weighted by Gasteiger charge is -2.30. The van der Waals surface area contributed by atoms with Gasteiger partial charge < -0.3 is 9.64 Å². The summed E-state index contributed by atoms with van der Waals surface area (Å²) in [5, 5.41) is 0. The summed E-state index contributed by atoms with van der Waals surface area (Å²) in [6.07, 6.45) is 5.33. The zero-order valence-electron chi connectivity index (χ0n) is 8.29. The Labute approximate surface area is 84.5 Å². The second-order valence-corrected chi connectivity index (χ2v) is 3.25. The third-order valence-electron chi connectivity index (χ3n) is 2.47. The van der Waals surface area contributed by atoms with Crippen LogP contribution < -0.4 is 9.64 Å². The van der Waals surface area contributed by atoms with Gasteiger partial charge in [-0.1, -0.05) is 5.92 Å². The monoisotopic (exact) mass is 187 g/mol. The van der Waals surface area contributed by atoms with Gasteiger partial charge in [0.25, 0.3) is 0 Å². The molecular formula is C12H13NO. The highest BCUT2D eigenvalue weighted by Crippen LogP contribution is 2.31. The predicted octanol–water partition coefficient (Wildman–Crippen LogP) is 1.89. The van der Waals surface area contributed by atoms with Crippen molar-refractivity contribution in [2.24, 2.45) is 0 Å². The largest absolute Gasteiger partial charge is 0.490 e. The third kappa shape index (κ3) is 1.42. The molecule has 1 heterocycles. The molecule has 0 saturated heterocycles. The lowest BCUT2D eigenvalue weighted by atomic mass is 10.1. The smallest absolute Gasteiger partial charge is 0.143 e. The quantitative estimate of drug-likeness (QED) is 0.622. The molecule has 1 aliphatic heterocycles. The van der Waals surface area contributed by atoms with Crippen molar-refractivity contribution in [3.05, 3.63) is 23.8 Å². The van der Waals surface area contributed by atoms with Gasteiger partial charge in [-0.2, -0.15) is 0 Å². The van der Waals surface area contributed by atoms with Crippen LogP contribution in [0.5, 0.6) is 5.75 Å². The maximum Gasteiger partial charge on any atom is 0.143 e. The number of likely N-dealkylation sites (N-methyl/N-ethyl adjacent to an activating group) is 1. The van der Waals surface area contributed by atoms with Gasteiger partial charge in [-0.15, -0.1) is 6.42 Å². The molecule has 0 aliphatic carbocycles. The van der Waals surface area contributed by atoms with E-state index in [9.17, 15) is 0 Å². The van der Waals surface area contributed by atoms with Crippen molar-refractivity contribution in [3.8, 4) is 18.1 Å². The van der Waals surface area contributed by atoms with Crippen LogP contribution >= 0.6 is 0 Å². The minimum absolute atomic E-state index is 0.745. The molecule has 0 spiro atoms. The van der Waals surface area contributed by atoms with Gasteiger partial charge >= 0.3 is 0 Å². The van der Waals surface area contributed by atoms with Crippen LogP contribution in [0.1, 0.15) is 12.5 Å². The maximum absolute atomic E-state index is 5.56. The second-order valence-electron chi connectivity index (χ2n) is 3.25. The van der Waals surface area contributed by atoms with Gasteiger partial charge in [0.15, 0.2) is 0 Å². The summed E-state index contributed by atoms with van der Waals surface area (Å²) in [7, 11) is 0. The topological polar surface area (TPSA) is 12.5 Å². The molecule has 0 aromatic heterocycles. The number of anilines is 1. The maximum atomic E-state index is 5.56. The van der Waals surface area contributed by atoms with Crippen LogP contribution in [-0.2, 0) is 0 Å². The van der Waals surface area contributed by atoms with Crippen LogP contribution in [0.25, 0.3) is 0 Å². The van der Waals surface area contributed by atoms with Gasteiger partial charge in [-0.25, -0.2) is 0 Å². The lowest BCUT2D eigenvalue weighted by Crippen LogP contribution is -2.32. The first-order chi connectivity index (χ1) is 6.85.